The van der Waals surface area contributed by atoms with E-state index in [1.807, 2.05) is 32.0 Å². The van der Waals surface area contributed by atoms with Gasteiger partial charge in [-0.1, -0.05) is 0 Å². The van der Waals surface area contributed by atoms with E-state index in [9.17, 15) is 4.79 Å². The summed E-state index contributed by atoms with van der Waals surface area (Å²) >= 11 is 0. The van der Waals surface area contributed by atoms with E-state index in [-0.39, 0.29) is 17.6 Å². The molecule has 6 nitrogen and oxygen atoms in total. The number of nitrogens with zero attached hydrogens (tertiary/aromatic N) is 2. The van der Waals surface area contributed by atoms with E-state index < -0.39 is 0 Å². The number of hydrogen-bond acceptors (Lipinski definition) is 5. The maximum atomic E-state index is 12.5. The molecule has 1 aliphatic rings. The third kappa shape index (κ3) is 3.32. The molecule has 1 amide bonds. The molecule has 1 unspecified atom stereocenters. The first-order valence-corrected chi connectivity index (χ1v) is 7.84. The molecule has 1 aromatic heterocycles. The Morgan fingerprint density at radius 2 is 2.04 bits per heavy atom. The monoisotopic (exact) mass is 327 g/mol. The summed E-state index contributed by atoms with van der Waals surface area (Å²) in [4.78, 5) is 20.7. The zero-order chi connectivity index (χ0) is 17.3. The Hall–Kier alpha value is -2.63. The number of amides is 1. The smallest absolute Gasteiger partial charge is 0.254 e. The zero-order valence-electron chi connectivity index (χ0n) is 14.3. The molecular weight excluding hydrogens is 306 g/mol. The Morgan fingerprint density at radius 1 is 1.33 bits per heavy atom. The van der Waals surface area contributed by atoms with E-state index >= 15 is 0 Å². The first-order chi connectivity index (χ1) is 11.4. The van der Waals surface area contributed by atoms with Crippen molar-refractivity contribution in [1.82, 2.24) is 15.3 Å². The highest BCUT2D eigenvalue weighted by molar-refractivity contribution is 5.93. The van der Waals surface area contributed by atoms with Crippen molar-refractivity contribution in [3.05, 3.63) is 47.5 Å². The average molecular weight is 327 g/mol. The van der Waals surface area contributed by atoms with Gasteiger partial charge in [-0.3, -0.25) is 4.79 Å². The number of aromatic nitrogens is 2. The first kappa shape index (κ1) is 16.2. The number of hydrogen-bond donors (Lipinski definition) is 1. The molecule has 0 fully saturated rings. The largest absolute Gasteiger partial charge is 0.497 e. The number of methoxy groups -OCH3 is 1. The van der Waals surface area contributed by atoms with Crippen molar-refractivity contribution in [3.63, 3.8) is 0 Å². The van der Waals surface area contributed by atoms with Crippen molar-refractivity contribution in [2.75, 3.05) is 7.11 Å². The van der Waals surface area contributed by atoms with Crippen LogP contribution in [0.5, 0.6) is 11.5 Å². The van der Waals surface area contributed by atoms with E-state index in [1.54, 1.807) is 14.0 Å². The van der Waals surface area contributed by atoms with Crippen LogP contribution in [-0.2, 0) is 0 Å². The quantitative estimate of drug-likeness (QED) is 0.938. The van der Waals surface area contributed by atoms with Gasteiger partial charge in [0.15, 0.2) is 0 Å². The summed E-state index contributed by atoms with van der Waals surface area (Å²) in [5.74, 6) is 1.90. The number of rotatable bonds is 3. The number of carbonyl (C=O) groups is 1. The van der Waals surface area contributed by atoms with E-state index in [4.69, 9.17) is 9.47 Å². The Morgan fingerprint density at radius 3 is 2.71 bits per heavy atom. The minimum atomic E-state index is -0.388. The molecular formula is C18H21N3O3. The maximum absolute atomic E-state index is 12.5. The minimum absolute atomic E-state index is 0.150. The molecule has 0 spiro atoms. The van der Waals surface area contributed by atoms with Gasteiger partial charge in [0, 0.05) is 30.4 Å². The van der Waals surface area contributed by atoms with Crippen LogP contribution in [0.25, 0.3) is 0 Å². The summed E-state index contributed by atoms with van der Waals surface area (Å²) in [5, 5.41) is 3.06. The van der Waals surface area contributed by atoms with E-state index in [1.165, 1.54) is 12.4 Å². The topological polar surface area (TPSA) is 73.3 Å². The lowest BCUT2D eigenvalue weighted by Gasteiger charge is -2.38. The van der Waals surface area contributed by atoms with Gasteiger partial charge in [-0.2, -0.15) is 0 Å². The lowest BCUT2D eigenvalue weighted by molar-refractivity contribution is 0.0617. The number of benzene rings is 1. The fourth-order valence-electron chi connectivity index (χ4n) is 2.84. The summed E-state index contributed by atoms with van der Waals surface area (Å²) in [6.07, 6.45) is 3.75. The molecule has 0 bridgehead atoms. The fraction of sp³-hybridized carbons (Fsp3) is 0.389. The molecule has 1 aromatic carbocycles. The minimum Gasteiger partial charge on any atom is -0.497 e. The van der Waals surface area contributed by atoms with Crippen LogP contribution in [0.15, 0.2) is 30.6 Å². The number of fused-ring (bicyclic) bond motifs is 1. The number of aryl methyl sites for hydroxylation is 1. The Kier molecular flexibility index (Phi) is 4.13. The fourth-order valence-corrected chi connectivity index (χ4v) is 2.84. The number of carbonyl (C=O) groups excluding carboxylic acids is 1. The van der Waals surface area contributed by atoms with Crippen LogP contribution >= 0.6 is 0 Å². The third-order valence-electron chi connectivity index (χ3n) is 4.03. The molecule has 3 rings (SSSR count). The van der Waals surface area contributed by atoms with Crippen LogP contribution in [-0.4, -0.2) is 28.6 Å². The summed E-state index contributed by atoms with van der Waals surface area (Å²) in [6, 6.07) is 5.50. The van der Waals surface area contributed by atoms with Gasteiger partial charge in [0.1, 0.15) is 22.9 Å². The normalized spacial score (nSPS) is 18.2. The number of ether oxygens (including phenoxy) is 2. The highest BCUT2D eigenvalue weighted by atomic mass is 16.5. The molecule has 1 atom stereocenters. The Labute approximate surface area is 141 Å². The van der Waals surface area contributed by atoms with Gasteiger partial charge >= 0.3 is 0 Å². The van der Waals surface area contributed by atoms with Gasteiger partial charge in [0.25, 0.3) is 5.91 Å². The SMILES string of the molecule is COc1ccc2c(c1)OC(C)(C)CC2NC(=O)c1cnc(C)nc1. The molecule has 0 aliphatic carbocycles. The van der Waals surface area contributed by atoms with E-state index in [2.05, 4.69) is 15.3 Å². The second-order valence-corrected chi connectivity index (χ2v) is 6.51. The molecule has 2 aromatic rings. The summed E-state index contributed by atoms with van der Waals surface area (Å²) < 4.78 is 11.3. The molecule has 6 heteroatoms. The van der Waals surface area contributed by atoms with Crippen LogP contribution in [0.4, 0.5) is 0 Å². The lowest BCUT2D eigenvalue weighted by Crippen LogP contribution is -2.41. The van der Waals surface area contributed by atoms with E-state index in [0.717, 1.165) is 17.1 Å². The Balaban J connectivity index is 1.88. The Bertz CT molecular complexity index is 757. The maximum Gasteiger partial charge on any atom is 0.254 e. The van der Waals surface area contributed by atoms with Crippen LogP contribution < -0.4 is 14.8 Å². The van der Waals surface area contributed by atoms with Gasteiger partial charge in [-0.25, -0.2) is 9.97 Å². The summed E-state index contributed by atoms with van der Waals surface area (Å²) in [5.41, 5.74) is 0.998. The predicted octanol–water partition coefficient (Wildman–Crippen LogP) is 2.83. The molecule has 0 radical (unpaired) electrons. The average Bonchev–Trinajstić information content (AvgIpc) is 2.53. The van der Waals surface area contributed by atoms with Gasteiger partial charge in [-0.15, -0.1) is 0 Å². The third-order valence-corrected chi connectivity index (χ3v) is 4.03. The molecule has 126 valence electrons. The van der Waals surface area contributed by atoms with Crippen molar-refractivity contribution < 1.29 is 14.3 Å². The van der Waals surface area contributed by atoms with Crippen molar-refractivity contribution >= 4 is 5.91 Å². The van der Waals surface area contributed by atoms with Crippen molar-refractivity contribution in [2.45, 2.75) is 38.8 Å². The summed E-state index contributed by atoms with van der Waals surface area (Å²) in [7, 11) is 1.62. The highest BCUT2D eigenvalue weighted by Gasteiger charge is 2.35. The molecule has 1 N–H and O–H groups in total. The summed E-state index contributed by atoms with van der Waals surface area (Å²) in [6.45, 7) is 5.79. The van der Waals surface area contributed by atoms with Gasteiger partial charge in [0.05, 0.1) is 18.7 Å². The zero-order valence-corrected chi connectivity index (χ0v) is 14.3. The lowest BCUT2D eigenvalue weighted by atomic mass is 9.89. The molecule has 0 saturated heterocycles. The van der Waals surface area contributed by atoms with Crippen LogP contribution in [0.3, 0.4) is 0 Å². The second-order valence-electron chi connectivity index (χ2n) is 6.51. The van der Waals surface area contributed by atoms with Crippen molar-refractivity contribution in [1.29, 1.82) is 0 Å². The predicted molar refractivity (Wildman–Crippen MR) is 89.3 cm³/mol. The standard InChI is InChI=1S/C18H21N3O3/c1-11-19-9-12(10-20-11)17(22)21-15-8-18(2,3)24-16-7-13(23-4)5-6-14(15)16/h5-7,9-10,15H,8H2,1-4H3,(H,21,22). The van der Waals surface area contributed by atoms with Crippen LogP contribution in [0.1, 0.15) is 48.1 Å². The number of nitrogens with one attached hydrogen (secondary N) is 1. The first-order valence-electron chi connectivity index (χ1n) is 7.84. The highest BCUT2D eigenvalue weighted by Crippen LogP contribution is 2.41. The molecule has 2 heterocycles. The van der Waals surface area contributed by atoms with Crippen molar-refractivity contribution in [3.8, 4) is 11.5 Å². The van der Waals surface area contributed by atoms with Gasteiger partial charge < -0.3 is 14.8 Å². The molecule has 24 heavy (non-hydrogen) atoms. The van der Waals surface area contributed by atoms with E-state index in [0.29, 0.717) is 17.8 Å². The second kappa shape index (κ2) is 6.11. The van der Waals surface area contributed by atoms with Gasteiger partial charge in [-0.05, 0) is 32.9 Å². The van der Waals surface area contributed by atoms with Crippen LogP contribution in [0, 0.1) is 6.92 Å². The van der Waals surface area contributed by atoms with Crippen LogP contribution in [0.2, 0.25) is 0 Å². The molecule has 0 saturated carbocycles. The molecule has 1 aliphatic heterocycles. The van der Waals surface area contributed by atoms with Crippen molar-refractivity contribution in [2.24, 2.45) is 0 Å². The van der Waals surface area contributed by atoms with Gasteiger partial charge in [0.2, 0.25) is 0 Å².